The lowest BCUT2D eigenvalue weighted by molar-refractivity contribution is -0.660. The van der Waals surface area contributed by atoms with E-state index in [1.807, 2.05) is 6.92 Å². The molecule has 0 aliphatic heterocycles. The van der Waals surface area contributed by atoms with Crippen LogP contribution in [-0.4, -0.2) is 22.9 Å². The average molecular weight is 429 g/mol. The number of ether oxygens (including phenoxy) is 1. The molecular formula is C20H25F4N4O2+. The van der Waals surface area contributed by atoms with Crippen LogP contribution >= 0.6 is 0 Å². The molecule has 0 aromatic carbocycles. The van der Waals surface area contributed by atoms with Crippen LogP contribution in [0.25, 0.3) is 0 Å². The quantitative estimate of drug-likeness (QED) is 0.508. The molecule has 4 rings (SSSR count). The summed E-state index contributed by atoms with van der Waals surface area (Å²) in [6.45, 7) is 2.02. The van der Waals surface area contributed by atoms with E-state index in [1.165, 1.54) is 0 Å². The van der Waals surface area contributed by atoms with E-state index >= 15 is 4.39 Å². The van der Waals surface area contributed by atoms with E-state index in [0.29, 0.717) is 41.6 Å². The molecule has 2 aromatic rings. The second kappa shape index (κ2) is 7.47. The molecule has 6 nitrogen and oxygen atoms in total. The number of halogens is 4. The summed E-state index contributed by atoms with van der Waals surface area (Å²) in [6, 6.07) is 1.60. The lowest BCUT2D eigenvalue weighted by atomic mass is 9.76. The van der Waals surface area contributed by atoms with Crippen molar-refractivity contribution in [2.24, 2.45) is 5.92 Å². The fourth-order valence-corrected chi connectivity index (χ4v) is 3.92. The van der Waals surface area contributed by atoms with Crippen molar-refractivity contribution in [1.29, 1.82) is 0 Å². The van der Waals surface area contributed by atoms with Gasteiger partial charge in [0, 0.05) is 13.0 Å². The Bertz CT molecular complexity index is 908. The normalized spacial score (nSPS) is 20.5. The topological polar surface area (TPSA) is 64.1 Å². The molecule has 2 aliphatic carbocycles. The van der Waals surface area contributed by atoms with Crippen LogP contribution in [0, 0.1) is 12.8 Å². The minimum atomic E-state index is -4.42. The Morgan fingerprint density at radius 2 is 2.07 bits per heavy atom. The minimum Gasteiger partial charge on any atom is -0.367 e. The van der Waals surface area contributed by atoms with Crippen molar-refractivity contribution < 1.29 is 31.5 Å². The lowest BCUT2D eigenvalue weighted by Gasteiger charge is -2.34. The Morgan fingerprint density at radius 3 is 2.60 bits per heavy atom. The Morgan fingerprint density at radius 1 is 1.33 bits per heavy atom. The molecular weight excluding hydrogens is 404 g/mol. The van der Waals surface area contributed by atoms with Gasteiger partial charge in [0.25, 0.3) is 0 Å². The van der Waals surface area contributed by atoms with Crippen LogP contribution < -0.4 is 10.1 Å². The molecule has 0 unspecified atom stereocenters. The first-order valence-electron chi connectivity index (χ1n) is 10.1. The smallest absolute Gasteiger partial charge is 0.367 e. The molecule has 1 atom stereocenters. The van der Waals surface area contributed by atoms with Gasteiger partial charge in [-0.15, -0.1) is 0 Å². The third-order valence-corrected chi connectivity index (χ3v) is 5.95. The number of pyridine rings is 1. The summed E-state index contributed by atoms with van der Waals surface area (Å²) in [6.07, 6.45) is 2.27. The molecule has 1 N–H and O–H groups in total. The molecule has 2 heterocycles. The molecule has 0 saturated heterocycles. The van der Waals surface area contributed by atoms with Crippen molar-refractivity contribution in [2.75, 3.05) is 12.0 Å². The van der Waals surface area contributed by atoms with Crippen LogP contribution in [0.2, 0.25) is 0 Å². The molecule has 0 amide bonds. The minimum absolute atomic E-state index is 0.295. The highest BCUT2D eigenvalue weighted by molar-refractivity contribution is 5.29. The van der Waals surface area contributed by atoms with Gasteiger partial charge in [0.15, 0.2) is 11.7 Å². The third-order valence-electron chi connectivity index (χ3n) is 5.95. The van der Waals surface area contributed by atoms with Gasteiger partial charge in [-0.2, -0.15) is 23.6 Å². The molecule has 2 fully saturated rings. The van der Waals surface area contributed by atoms with Gasteiger partial charge in [0.1, 0.15) is 12.3 Å². The first-order chi connectivity index (χ1) is 14.1. The summed E-state index contributed by atoms with van der Waals surface area (Å²) in [5.74, 6) is 1.27. The van der Waals surface area contributed by atoms with E-state index in [1.54, 1.807) is 30.1 Å². The SMILES string of the molecule is Cc1nc([C@](C)(N[n+]2ccc(COCC(F)(F)F)c(C3(F)CCC3)c2)C2CC2)no1. The molecule has 2 aromatic heterocycles. The van der Waals surface area contributed by atoms with Gasteiger partial charge in [-0.25, -0.2) is 4.39 Å². The Labute approximate surface area is 171 Å². The van der Waals surface area contributed by atoms with Gasteiger partial charge in [-0.3, -0.25) is 0 Å². The molecule has 2 saturated carbocycles. The van der Waals surface area contributed by atoms with Gasteiger partial charge in [-0.1, -0.05) is 9.83 Å². The van der Waals surface area contributed by atoms with E-state index in [9.17, 15) is 13.2 Å². The van der Waals surface area contributed by atoms with Crippen LogP contribution in [0.5, 0.6) is 0 Å². The number of rotatable bonds is 8. The number of aryl methyl sites for hydroxylation is 1. The fraction of sp³-hybridized carbons (Fsp3) is 0.650. The van der Waals surface area contributed by atoms with Crippen LogP contribution in [-0.2, 0) is 22.6 Å². The predicted octanol–water partition coefficient (Wildman–Crippen LogP) is 3.96. The molecule has 0 spiro atoms. The zero-order chi connectivity index (χ0) is 21.6. The molecule has 10 heteroatoms. The molecule has 0 radical (unpaired) electrons. The van der Waals surface area contributed by atoms with Crippen LogP contribution in [0.15, 0.2) is 23.0 Å². The Kier molecular flexibility index (Phi) is 5.24. The van der Waals surface area contributed by atoms with Crippen LogP contribution in [0.3, 0.4) is 0 Å². The average Bonchev–Trinajstić information content (AvgIpc) is 3.41. The molecule has 2 aliphatic rings. The summed E-state index contributed by atoms with van der Waals surface area (Å²) in [7, 11) is 0. The second-order valence-corrected chi connectivity index (χ2v) is 8.44. The van der Waals surface area contributed by atoms with E-state index in [2.05, 4.69) is 15.6 Å². The number of hydrogen-bond acceptors (Lipinski definition) is 5. The fourth-order valence-electron chi connectivity index (χ4n) is 3.92. The standard InChI is InChI=1S/C20H25F4N4O2/c1-13-25-17(26-30-13)18(2,15-4-5-15)27-28-9-6-14(11-29-12-20(22,23)24)16(10-28)19(21)7-3-8-19/h6,9-10,15,27H,3-5,7-8,11-12H2,1-2H3/q+1/t18-/m1/s1. The molecule has 164 valence electrons. The van der Waals surface area contributed by atoms with E-state index in [4.69, 9.17) is 9.26 Å². The largest absolute Gasteiger partial charge is 0.411 e. The van der Waals surface area contributed by atoms with E-state index < -0.39 is 24.0 Å². The Hall–Kier alpha value is -2.23. The third kappa shape index (κ3) is 4.28. The zero-order valence-corrected chi connectivity index (χ0v) is 16.9. The maximum atomic E-state index is 15.3. The van der Waals surface area contributed by atoms with Crippen LogP contribution in [0.1, 0.15) is 61.9 Å². The lowest BCUT2D eigenvalue weighted by Crippen LogP contribution is -2.57. The van der Waals surface area contributed by atoms with Gasteiger partial charge in [0.05, 0.1) is 12.2 Å². The summed E-state index contributed by atoms with van der Waals surface area (Å²) in [5, 5.41) is 4.06. The van der Waals surface area contributed by atoms with Gasteiger partial charge < -0.3 is 9.26 Å². The first-order valence-corrected chi connectivity index (χ1v) is 10.1. The van der Waals surface area contributed by atoms with E-state index in [-0.39, 0.29) is 6.61 Å². The zero-order valence-electron chi connectivity index (χ0n) is 16.9. The van der Waals surface area contributed by atoms with Crippen molar-refractivity contribution in [2.45, 2.75) is 69.9 Å². The predicted molar refractivity (Wildman–Crippen MR) is 97.5 cm³/mol. The van der Waals surface area contributed by atoms with E-state index in [0.717, 1.165) is 19.3 Å². The monoisotopic (exact) mass is 429 g/mol. The summed E-state index contributed by atoms with van der Waals surface area (Å²) in [4.78, 5) is 4.37. The van der Waals surface area contributed by atoms with Crippen molar-refractivity contribution in [3.05, 3.63) is 41.3 Å². The maximum absolute atomic E-state index is 15.3. The van der Waals surface area contributed by atoms with Crippen LogP contribution in [0.4, 0.5) is 17.6 Å². The summed E-state index contributed by atoms with van der Waals surface area (Å²) < 4.78 is 64.2. The van der Waals surface area contributed by atoms with Gasteiger partial charge in [-0.05, 0) is 50.5 Å². The highest BCUT2D eigenvalue weighted by atomic mass is 19.4. The Balaban J connectivity index is 1.60. The maximum Gasteiger partial charge on any atom is 0.411 e. The van der Waals surface area contributed by atoms with Crippen molar-refractivity contribution in [3.63, 3.8) is 0 Å². The summed E-state index contributed by atoms with van der Waals surface area (Å²) >= 11 is 0. The molecule has 30 heavy (non-hydrogen) atoms. The van der Waals surface area contributed by atoms with Crippen molar-refractivity contribution in [3.8, 4) is 0 Å². The number of nitrogens with one attached hydrogen (secondary N) is 1. The number of hydrogen-bond donors (Lipinski definition) is 1. The van der Waals surface area contributed by atoms with Crippen molar-refractivity contribution >= 4 is 0 Å². The highest BCUT2D eigenvalue weighted by Gasteiger charge is 2.50. The number of aromatic nitrogens is 3. The summed E-state index contributed by atoms with van der Waals surface area (Å²) in [5.41, 5.74) is 1.96. The highest BCUT2D eigenvalue weighted by Crippen LogP contribution is 2.47. The first kappa shape index (κ1) is 21.0. The number of alkyl halides is 4. The van der Waals surface area contributed by atoms with Gasteiger partial charge >= 0.3 is 6.18 Å². The number of nitrogens with zero attached hydrogens (tertiary/aromatic N) is 3. The van der Waals surface area contributed by atoms with Gasteiger partial charge in [0.2, 0.25) is 17.9 Å². The second-order valence-electron chi connectivity index (χ2n) is 8.44. The molecule has 0 bridgehead atoms. The van der Waals surface area contributed by atoms with Crippen molar-refractivity contribution in [1.82, 2.24) is 10.1 Å².